The third-order valence-corrected chi connectivity index (χ3v) is 3.47. The topological polar surface area (TPSA) is 41.1 Å². The Labute approximate surface area is 122 Å². The number of hydrogen-bond donors (Lipinski definition) is 2. The van der Waals surface area contributed by atoms with Crippen LogP contribution in [-0.2, 0) is 11.2 Å². The zero-order valence-corrected chi connectivity index (χ0v) is 12.5. The molecule has 1 aliphatic rings. The summed E-state index contributed by atoms with van der Waals surface area (Å²) in [5.41, 5.74) is 1.05. The van der Waals surface area contributed by atoms with Crippen LogP contribution in [0.1, 0.15) is 18.4 Å². The number of carbonyl (C=O) groups excluding carboxylic acids is 1. The molecular weight excluding hydrogens is 316 g/mol. The van der Waals surface area contributed by atoms with Gasteiger partial charge in [0.15, 0.2) is 0 Å². The Morgan fingerprint density at radius 2 is 2.11 bits per heavy atom. The average Bonchev–Trinajstić information content (AvgIpc) is 2.33. The summed E-state index contributed by atoms with van der Waals surface area (Å²) in [6.45, 7) is 1.96. The Balaban J connectivity index is 0.00000162. The molecule has 0 aliphatic carbocycles. The van der Waals surface area contributed by atoms with Gasteiger partial charge in [-0.1, -0.05) is 28.1 Å². The first-order chi connectivity index (χ1) is 8.24. The third-order valence-electron chi connectivity index (χ3n) is 2.94. The van der Waals surface area contributed by atoms with Gasteiger partial charge in [-0.05, 0) is 37.1 Å². The van der Waals surface area contributed by atoms with E-state index >= 15 is 0 Å². The Hall–Kier alpha value is -0.580. The second-order valence-corrected chi connectivity index (χ2v) is 5.33. The van der Waals surface area contributed by atoms with Gasteiger partial charge in [0, 0.05) is 17.1 Å². The van der Waals surface area contributed by atoms with Crippen molar-refractivity contribution in [2.45, 2.75) is 25.3 Å². The van der Waals surface area contributed by atoms with E-state index in [1.165, 1.54) is 0 Å². The molecule has 1 aromatic rings. The van der Waals surface area contributed by atoms with Gasteiger partial charge in [-0.3, -0.25) is 4.79 Å². The van der Waals surface area contributed by atoms with Crippen LogP contribution in [0, 0.1) is 0 Å². The maximum absolute atomic E-state index is 11.8. The van der Waals surface area contributed by atoms with Crippen molar-refractivity contribution in [1.82, 2.24) is 10.6 Å². The summed E-state index contributed by atoms with van der Waals surface area (Å²) in [5.74, 6) is 0.112. The first-order valence-electron chi connectivity index (χ1n) is 5.98. The molecule has 1 aromatic carbocycles. The lowest BCUT2D eigenvalue weighted by molar-refractivity contribution is -0.121. The van der Waals surface area contributed by atoms with Crippen LogP contribution < -0.4 is 10.6 Å². The van der Waals surface area contributed by atoms with E-state index in [1.807, 2.05) is 24.3 Å². The summed E-state index contributed by atoms with van der Waals surface area (Å²) in [4.78, 5) is 11.8. The minimum atomic E-state index is 0. The quantitative estimate of drug-likeness (QED) is 0.891. The van der Waals surface area contributed by atoms with Gasteiger partial charge < -0.3 is 10.6 Å². The van der Waals surface area contributed by atoms with Crippen molar-refractivity contribution in [3.8, 4) is 0 Å². The maximum Gasteiger partial charge on any atom is 0.224 e. The normalized spacial score (nSPS) is 18.8. The van der Waals surface area contributed by atoms with E-state index in [1.54, 1.807) is 0 Å². The second kappa shape index (κ2) is 7.77. The number of piperidine rings is 1. The lowest BCUT2D eigenvalue weighted by atomic mass is 10.1. The highest BCUT2D eigenvalue weighted by Gasteiger charge is 2.15. The molecule has 0 aromatic heterocycles. The number of carbonyl (C=O) groups is 1. The zero-order valence-electron chi connectivity index (χ0n) is 10.1. The summed E-state index contributed by atoms with van der Waals surface area (Å²) in [6.07, 6.45) is 2.69. The van der Waals surface area contributed by atoms with Crippen molar-refractivity contribution < 1.29 is 4.79 Å². The lowest BCUT2D eigenvalue weighted by Gasteiger charge is -2.23. The number of nitrogens with one attached hydrogen (secondary N) is 2. The highest BCUT2D eigenvalue weighted by Crippen LogP contribution is 2.11. The molecule has 0 unspecified atom stereocenters. The van der Waals surface area contributed by atoms with Crippen molar-refractivity contribution in [2.75, 3.05) is 13.1 Å². The SMILES string of the molecule is Cl.O=C(Cc1ccc(Br)cc1)N[C@@H]1CCCNC1. The summed E-state index contributed by atoms with van der Waals surface area (Å²) >= 11 is 3.38. The summed E-state index contributed by atoms with van der Waals surface area (Å²) < 4.78 is 1.04. The van der Waals surface area contributed by atoms with E-state index in [2.05, 4.69) is 26.6 Å². The fourth-order valence-electron chi connectivity index (χ4n) is 2.04. The lowest BCUT2D eigenvalue weighted by Crippen LogP contribution is -2.46. The van der Waals surface area contributed by atoms with E-state index in [0.29, 0.717) is 12.5 Å². The molecule has 3 nitrogen and oxygen atoms in total. The fourth-order valence-corrected chi connectivity index (χ4v) is 2.31. The molecule has 1 atom stereocenters. The molecule has 1 aliphatic heterocycles. The second-order valence-electron chi connectivity index (χ2n) is 4.41. The fraction of sp³-hybridized carbons (Fsp3) is 0.462. The summed E-state index contributed by atoms with van der Waals surface area (Å²) in [6, 6.07) is 8.17. The van der Waals surface area contributed by atoms with Crippen LogP contribution in [0.3, 0.4) is 0 Å². The van der Waals surface area contributed by atoms with Gasteiger partial charge in [0.05, 0.1) is 6.42 Å². The summed E-state index contributed by atoms with van der Waals surface area (Å²) in [7, 11) is 0. The van der Waals surface area contributed by atoms with Crippen LogP contribution in [-0.4, -0.2) is 25.0 Å². The molecule has 100 valence electrons. The Kier molecular flexibility index (Phi) is 6.68. The standard InChI is InChI=1S/C13H17BrN2O.ClH/c14-11-5-3-10(4-6-11)8-13(17)16-12-2-1-7-15-9-12;/h3-6,12,15H,1-2,7-9H2,(H,16,17);1H/t12-;/m1./s1. The van der Waals surface area contributed by atoms with Crippen LogP contribution in [0.15, 0.2) is 28.7 Å². The van der Waals surface area contributed by atoms with Gasteiger partial charge >= 0.3 is 0 Å². The monoisotopic (exact) mass is 332 g/mol. The smallest absolute Gasteiger partial charge is 0.224 e. The molecule has 1 saturated heterocycles. The Bertz CT molecular complexity index is 377. The third kappa shape index (κ3) is 4.96. The first-order valence-corrected chi connectivity index (χ1v) is 6.78. The van der Waals surface area contributed by atoms with Crippen LogP contribution >= 0.6 is 28.3 Å². The molecule has 1 heterocycles. The molecule has 5 heteroatoms. The molecule has 2 N–H and O–H groups in total. The molecular formula is C13H18BrClN2O. The van der Waals surface area contributed by atoms with Gasteiger partial charge in [0.1, 0.15) is 0 Å². The van der Waals surface area contributed by atoms with E-state index < -0.39 is 0 Å². The van der Waals surface area contributed by atoms with Crippen molar-refractivity contribution >= 4 is 34.2 Å². The van der Waals surface area contributed by atoms with Crippen LogP contribution in [0.2, 0.25) is 0 Å². The molecule has 18 heavy (non-hydrogen) atoms. The number of amides is 1. The predicted molar refractivity (Wildman–Crippen MR) is 79.1 cm³/mol. The van der Waals surface area contributed by atoms with Gasteiger partial charge in [-0.25, -0.2) is 0 Å². The molecule has 1 amide bonds. The van der Waals surface area contributed by atoms with Crippen molar-refractivity contribution in [1.29, 1.82) is 0 Å². The molecule has 1 fully saturated rings. The van der Waals surface area contributed by atoms with E-state index in [0.717, 1.165) is 36.0 Å². The van der Waals surface area contributed by atoms with E-state index in [-0.39, 0.29) is 18.3 Å². The molecule has 0 spiro atoms. The Morgan fingerprint density at radius 1 is 1.39 bits per heavy atom. The van der Waals surface area contributed by atoms with Gasteiger partial charge in [0.25, 0.3) is 0 Å². The van der Waals surface area contributed by atoms with Gasteiger partial charge in [-0.15, -0.1) is 12.4 Å². The number of rotatable bonds is 3. The minimum absolute atomic E-state index is 0. The minimum Gasteiger partial charge on any atom is -0.352 e. The summed E-state index contributed by atoms with van der Waals surface area (Å²) in [5, 5.41) is 6.36. The molecule has 0 bridgehead atoms. The Morgan fingerprint density at radius 3 is 2.72 bits per heavy atom. The van der Waals surface area contributed by atoms with Crippen LogP contribution in [0.4, 0.5) is 0 Å². The highest BCUT2D eigenvalue weighted by molar-refractivity contribution is 9.10. The van der Waals surface area contributed by atoms with E-state index in [9.17, 15) is 4.79 Å². The molecule has 0 radical (unpaired) electrons. The number of benzene rings is 1. The van der Waals surface area contributed by atoms with Crippen molar-refractivity contribution in [3.63, 3.8) is 0 Å². The van der Waals surface area contributed by atoms with Crippen molar-refractivity contribution in [2.24, 2.45) is 0 Å². The highest BCUT2D eigenvalue weighted by atomic mass is 79.9. The van der Waals surface area contributed by atoms with E-state index in [4.69, 9.17) is 0 Å². The average molecular weight is 334 g/mol. The largest absolute Gasteiger partial charge is 0.352 e. The zero-order chi connectivity index (χ0) is 12.1. The molecule has 0 saturated carbocycles. The van der Waals surface area contributed by atoms with Crippen LogP contribution in [0.5, 0.6) is 0 Å². The van der Waals surface area contributed by atoms with Crippen LogP contribution in [0.25, 0.3) is 0 Å². The first kappa shape index (κ1) is 15.5. The van der Waals surface area contributed by atoms with Crippen molar-refractivity contribution in [3.05, 3.63) is 34.3 Å². The number of hydrogen-bond acceptors (Lipinski definition) is 2. The number of halogens is 2. The molecule has 2 rings (SSSR count). The van der Waals surface area contributed by atoms with Gasteiger partial charge in [-0.2, -0.15) is 0 Å². The predicted octanol–water partition coefficient (Wildman–Crippen LogP) is 2.28. The maximum atomic E-state index is 11.8. The van der Waals surface area contributed by atoms with Gasteiger partial charge in [0.2, 0.25) is 5.91 Å².